The molecule has 1 fully saturated rings. The lowest BCUT2D eigenvalue weighted by Crippen LogP contribution is -2.34. The van der Waals surface area contributed by atoms with Crippen LogP contribution < -0.4 is 10.6 Å². The summed E-state index contributed by atoms with van der Waals surface area (Å²) in [4.78, 5) is 13.2. The van der Waals surface area contributed by atoms with E-state index in [1.54, 1.807) is 0 Å². The van der Waals surface area contributed by atoms with Gasteiger partial charge >= 0.3 is 6.03 Å². The Morgan fingerprint density at radius 3 is 2.78 bits per heavy atom. The van der Waals surface area contributed by atoms with Crippen molar-refractivity contribution in [3.63, 3.8) is 0 Å². The van der Waals surface area contributed by atoms with Gasteiger partial charge in [-0.05, 0) is 17.5 Å². The Balaban J connectivity index is 1.73. The molecule has 0 saturated carbocycles. The number of carbonyl (C=O) groups is 1. The Kier molecular flexibility index (Phi) is 4.59. The van der Waals surface area contributed by atoms with Crippen molar-refractivity contribution < 1.29 is 4.79 Å². The van der Waals surface area contributed by atoms with Crippen LogP contribution in [-0.2, 0) is 13.0 Å². The van der Waals surface area contributed by atoms with Gasteiger partial charge in [0.25, 0.3) is 0 Å². The molecule has 1 aromatic rings. The van der Waals surface area contributed by atoms with Gasteiger partial charge in [0.15, 0.2) is 0 Å². The molecular formula is C14H21N3O. The minimum absolute atomic E-state index is 0.0609. The summed E-state index contributed by atoms with van der Waals surface area (Å²) in [6.07, 6.45) is 1.06. The molecule has 0 aliphatic carbocycles. The number of nitrogens with one attached hydrogen (secondary N) is 2. The predicted octanol–water partition coefficient (Wildman–Crippen LogP) is 1.36. The van der Waals surface area contributed by atoms with E-state index in [4.69, 9.17) is 0 Å². The first-order valence-corrected chi connectivity index (χ1v) is 6.61. The van der Waals surface area contributed by atoms with E-state index in [1.165, 1.54) is 11.1 Å². The SMILES string of the molecule is CCc1ccccc1CNCCN1CCNC1=O. The van der Waals surface area contributed by atoms with E-state index in [1.807, 2.05) is 4.90 Å². The van der Waals surface area contributed by atoms with Crippen molar-refractivity contribution in [3.05, 3.63) is 35.4 Å². The van der Waals surface area contributed by atoms with Gasteiger partial charge in [-0.1, -0.05) is 31.2 Å². The fourth-order valence-corrected chi connectivity index (χ4v) is 2.24. The summed E-state index contributed by atoms with van der Waals surface area (Å²) in [5.41, 5.74) is 2.75. The van der Waals surface area contributed by atoms with Crippen molar-refractivity contribution in [2.45, 2.75) is 19.9 Å². The van der Waals surface area contributed by atoms with Gasteiger partial charge in [0.1, 0.15) is 0 Å². The number of nitrogens with zero attached hydrogens (tertiary/aromatic N) is 1. The van der Waals surface area contributed by atoms with Crippen LogP contribution >= 0.6 is 0 Å². The maximum atomic E-state index is 11.3. The molecule has 0 atom stereocenters. The fourth-order valence-electron chi connectivity index (χ4n) is 2.24. The van der Waals surface area contributed by atoms with Crippen LogP contribution in [0, 0.1) is 0 Å². The Morgan fingerprint density at radius 2 is 2.11 bits per heavy atom. The average molecular weight is 247 g/mol. The molecule has 0 spiro atoms. The standard InChI is InChI=1S/C14H21N3O/c1-2-12-5-3-4-6-13(12)11-15-7-9-17-10-8-16-14(17)18/h3-6,15H,2,7-11H2,1H3,(H,16,18). The lowest BCUT2D eigenvalue weighted by molar-refractivity contribution is 0.217. The molecule has 1 heterocycles. The molecule has 0 radical (unpaired) electrons. The minimum atomic E-state index is 0.0609. The molecule has 4 heteroatoms. The number of hydrogen-bond donors (Lipinski definition) is 2. The molecule has 1 aliphatic heterocycles. The Bertz CT molecular complexity index is 406. The molecule has 2 rings (SSSR count). The summed E-state index contributed by atoms with van der Waals surface area (Å²) in [5, 5.41) is 6.21. The summed E-state index contributed by atoms with van der Waals surface area (Å²) in [6, 6.07) is 8.55. The largest absolute Gasteiger partial charge is 0.336 e. The molecular weight excluding hydrogens is 226 g/mol. The highest BCUT2D eigenvalue weighted by atomic mass is 16.2. The van der Waals surface area contributed by atoms with Crippen LogP contribution in [0.3, 0.4) is 0 Å². The van der Waals surface area contributed by atoms with Crippen molar-refractivity contribution in [1.82, 2.24) is 15.5 Å². The number of carbonyl (C=O) groups excluding carboxylic acids is 1. The van der Waals surface area contributed by atoms with Gasteiger partial charge in [-0.3, -0.25) is 0 Å². The number of aryl methyl sites for hydroxylation is 1. The first kappa shape index (κ1) is 12.9. The van der Waals surface area contributed by atoms with E-state index in [9.17, 15) is 4.79 Å². The maximum Gasteiger partial charge on any atom is 0.317 e. The lowest BCUT2D eigenvalue weighted by atomic mass is 10.1. The molecule has 0 aromatic heterocycles. The molecule has 0 unspecified atom stereocenters. The van der Waals surface area contributed by atoms with E-state index in [2.05, 4.69) is 41.8 Å². The van der Waals surface area contributed by atoms with Gasteiger partial charge in [0.05, 0.1) is 0 Å². The number of urea groups is 1. The van der Waals surface area contributed by atoms with Gasteiger partial charge in [-0.25, -0.2) is 4.79 Å². The highest BCUT2D eigenvalue weighted by Gasteiger charge is 2.17. The van der Waals surface area contributed by atoms with Crippen molar-refractivity contribution in [1.29, 1.82) is 0 Å². The predicted molar refractivity (Wildman–Crippen MR) is 72.5 cm³/mol. The van der Waals surface area contributed by atoms with E-state index >= 15 is 0 Å². The van der Waals surface area contributed by atoms with Gasteiger partial charge in [0.2, 0.25) is 0 Å². The molecule has 4 nitrogen and oxygen atoms in total. The second-order valence-corrected chi connectivity index (χ2v) is 4.52. The molecule has 18 heavy (non-hydrogen) atoms. The minimum Gasteiger partial charge on any atom is -0.336 e. The fraction of sp³-hybridized carbons (Fsp3) is 0.500. The monoisotopic (exact) mass is 247 g/mol. The lowest BCUT2D eigenvalue weighted by Gasteiger charge is -2.15. The third-order valence-electron chi connectivity index (χ3n) is 3.32. The zero-order chi connectivity index (χ0) is 12.8. The number of benzene rings is 1. The van der Waals surface area contributed by atoms with Crippen LogP contribution in [-0.4, -0.2) is 37.1 Å². The summed E-state index contributed by atoms with van der Waals surface area (Å²) < 4.78 is 0. The summed E-state index contributed by atoms with van der Waals surface area (Å²) in [7, 11) is 0. The smallest absolute Gasteiger partial charge is 0.317 e. The quantitative estimate of drug-likeness (QED) is 0.746. The third kappa shape index (κ3) is 3.23. The zero-order valence-electron chi connectivity index (χ0n) is 10.9. The van der Waals surface area contributed by atoms with Crippen molar-refractivity contribution in [3.8, 4) is 0 Å². The van der Waals surface area contributed by atoms with Crippen molar-refractivity contribution in [2.75, 3.05) is 26.2 Å². The number of hydrogen-bond acceptors (Lipinski definition) is 2. The first-order chi connectivity index (χ1) is 8.81. The van der Waals surface area contributed by atoms with Crippen LogP contribution in [0.5, 0.6) is 0 Å². The molecule has 2 amide bonds. The van der Waals surface area contributed by atoms with Crippen molar-refractivity contribution in [2.24, 2.45) is 0 Å². The number of amides is 2. The maximum absolute atomic E-state index is 11.3. The van der Waals surface area contributed by atoms with Gasteiger partial charge in [0, 0.05) is 32.7 Å². The Morgan fingerprint density at radius 1 is 1.33 bits per heavy atom. The Hall–Kier alpha value is -1.55. The third-order valence-corrected chi connectivity index (χ3v) is 3.32. The molecule has 1 aromatic carbocycles. The van der Waals surface area contributed by atoms with Crippen LogP contribution in [0.1, 0.15) is 18.1 Å². The average Bonchev–Trinajstić information content (AvgIpc) is 2.81. The summed E-state index contributed by atoms with van der Waals surface area (Å²) >= 11 is 0. The van der Waals surface area contributed by atoms with Crippen molar-refractivity contribution >= 4 is 6.03 Å². The van der Waals surface area contributed by atoms with Gasteiger partial charge in [-0.2, -0.15) is 0 Å². The van der Waals surface area contributed by atoms with E-state index in [-0.39, 0.29) is 6.03 Å². The Labute approximate surface area is 108 Å². The second kappa shape index (κ2) is 6.40. The number of rotatable bonds is 6. The van der Waals surface area contributed by atoms with Crippen LogP contribution in [0.4, 0.5) is 4.79 Å². The molecule has 1 aliphatic rings. The highest BCUT2D eigenvalue weighted by molar-refractivity contribution is 5.76. The van der Waals surface area contributed by atoms with E-state index < -0.39 is 0 Å². The highest BCUT2D eigenvalue weighted by Crippen LogP contribution is 2.08. The zero-order valence-corrected chi connectivity index (χ0v) is 10.9. The topological polar surface area (TPSA) is 44.4 Å². The van der Waals surface area contributed by atoms with Crippen LogP contribution in [0.25, 0.3) is 0 Å². The normalized spacial score (nSPS) is 14.9. The van der Waals surface area contributed by atoms with E-state index in [0.717, 1.165) is 39.1 Å². The second-order valence-electron chi connectivity index (χ2n) is 4.52. The van der Waals surface area contributed by atoms with Gasteiger partial charge < -0.3 is 15.5 Å². The van der Waals surface area contributed by atoms with Gasteiger partial charge in [-0.15, -0.1) is 0 Å². The molecule has 1 saturated heterocycles. The van der Waals surface area contributed by atoms with E-state index in [0.29, 0.717) is 0 Å². The summed E-state index contributed by atoms with van der Waals surface area (Å²) in [6.45, 7) is 6.27. The van der Waals surface area contributed by atoms with Crippen LogP contribution in [0.2, 0.25) is 0 Å². The molecule has 0 bridgehead atoms. The molecule has 2 N–H and O–H groups in total. The first-order valence-electron chi connectivity index (χ1n) is 6.61. The van der Waals surface area contributed by atoms with Crippen LogP contribution in [0.15, 0.2) is 24.3 Å². The molecule has 98 valence electrons. The summed E-state index contributed by atoms with van der Waals surface area (Å²) in [5.74, 6) is 0.